The molecular weight excluding hydrogens is 306 g/mol. The molecule has 2 N–H and O–H groups in total. The highest BCUT2D eigenvalue weighted by molar-refractivity contribution is 9.10. The van der Waals surface area contributed by atoms with Crippen molar-refractivity contribution in [2.75, 3.05) is 12.4 Å². The Labute approximate surface area is 121 Å². The quantitative estimate of drug-likeness (QED) is 0.880. The van der Waals surface area contributed by atoms with Crippen LogP contribution >= 0.6 is 15.9 Å². The minimum absolute atomic E-state index is 0.0890. The van der Waals surface area contributed by atoms with Gasteiger partial charge in [-0.1, -0.05) is 28.1 Å². The highest BCUT2D eigenvalue weighted by Crippen LogP contribution is 2.28. The number of methoxy groups -OCH3 is 1. The molecule has 1 atom stereocenters. The summed E-state index contributed by atoms with van der Waals surface area (Å²) >= 11 is 3.45. The van der Waals surface area contributed by atoms with Gasteiger partial charge >= 0.3 is 0 Å². The second-order valence-corrected chi connectivity index (χ2v) is 5.26. The van der Waals surface area contributed by atoms with Crippen molar-refractivity contribution < 1.29 is 9.84 Å². The lowest BCUT2D eigenvalue weighted by molar-refractivity contribution is 0.414. The van der Waals surface area contributed by atoms with Crippen molar-refractivity contribution in [3.05, 3.63) is 52.5 Å². The van der Waals surface area contributed by atoms with E-state index in [2.05, 4.69) is 21.2 Å². The third kappa shape index (κ3) is 3.64. The molecule has 0 spiro atoms. The van der Waals surface area contributed by atoms with Crippen LogP contribution < -0.4 is 10.1 Å². The van der Waals surface area contributed by atoms with E-state index in [-0.39, 0.29) is 11.8 Å². The summed E-state index contributed by atoms with van der Waals surface area (Å²) in [6.45, 7) is 2.04. The molecule has 0 radical (unpaired) electrons. The number of phenols is 1. The molecule has 0 aliphatic heterocycles. The molecule has 2 aromatic rings. The molecule has 0 fully saturated rings. The molecule has 0 saturated heterocycles. The van der Waals surface area contributed by atoms with Gasteiger partial charge < -0.3 is 15.2 Å². The van der Waals surface area contributed by atoms with Crippen molar-refractivity contribution in [3.63, 3.8) is 0 Å². The molecule has 19 heavy (non-hydrogen) atoms. The van der Waals surface area contributed by atoms with Gasteiger partial charge in [0.2, 0.25) is 0 Å². The van der Waals surface area contributed by atoms with Gasteiger partial charge in [0.05, 0.1) is 7.11 Å². The van der Waals surface area contributed by atoms with Crippen LogP contribution in [0.5, 0.6) is 11.5 Å². The van der Waals surface area contributed by atoms with Crippen molar-refractivity contribution in [2.24, 2.45) is 0 Å². The molecule has 0 heterocycles. The van der Waals surface area contributed by atoms with Gasteiger partial charge in [0.25, 0.3) is 0 Å². The number of aromatic hydroxyl groups is 1. The lowest BCUT2D eigenvalue weighted by atomic mass is 10.1. The first-order valence-corrected chi connectivity index (χ1v) is 6.78. The van der Waals surface area contributed by atoms with E-state index in [9.17, 15) is 5.11 Å². The Hall–Kier alpha value is -1.68. The number of anilines is 1. The van der Waals surface area contributed by atoms with Crippen LogP contribution in [0.4, 0.5) is 5.69 Å². The predicted molar refractivity (Wildman–Crippen MR) is 80.8 cm³/mol. The van der Waals surface area contributed by atoms with Crippen molar-refractivity contribution in [2.45, 2.75) is 13.0 Å². The maximum atomic E-state index is 9.50. The molecule has 1 unspecified atom stereocenters. The average Bonchev–Trinajstić information content (AvgIpc) is 2.38. The van der Waals surface area contributed by atoms with E-state index in [0.717, 1.165) is 21.5 Å². The maximum absolute atomic E-state index is 9.50. The fraction of sp³-hybridized carbons (Fsp3) is 0.200. The van der Waals surface area contributed by atoms with Crippen LogP contribution in [0.2, 0.25) is 0 Å². The summed E-state index contributed by atoms with van der Waals surface area (Å²) in [4.78, 5) is 0. The zero-order chi connectivity index (χ0) is 13.8. The van der Waals surface area contributed by atoms with E-state index >= 15 is 0 Å². The first-order valence-electron chi connectivity index (χ1n) is 5.98. The van der Waals surface area contributed by atoms with Crippen LogP contribution in [0.25, 0.3) is 0 Å². The van der Waals surface area contributed by atoms with Crippen LogP contribution in [-0.4, -0.2) is 12.2 Å². The van der Waals surface area contributed by atoms with Crippen molar-refractivity contribution >= 4 is 21.6 Å². The van der Waals surface area contributed by atoms with E-state index in [4.69, 9.17) is 4.74 Å². The van der Waals surface area contributed by atoms with Gasteiger partial charge in [-0.25, -0.2) is 0 Å². The zero-order valence-corrected chi connectivity index (χ0v) is 12.4. The molecule has 2 aromatic carbocycles. The number of hydrogen-bond donors (Lipinski definition) is 2. The summed E-state index contributed by atoms with van der Waals surface area (Å²) in [7, 11) is 1.64. The molecule has 4 heteroatoms. The summed E-state index contributed by atoms with van der Waals surface area (Å²) in [5.41, 5.74) is 1.99. The molecule has 0 amide bonds. The molecule has 2 rings (SSSR count). The van der Waals surface area contributed by atoms with Gasteiger partial charge in [-0.3, -0.25) is 0 Å². The third-order valence-electron chi connectivity index (χ3n) is 2.86. The number of benzene rings is 2. The fourth-order valence-corrected chi connectivity index (χ4v) is 2.36. The van der Waals surface area contributed by atoms with Gasteiger partial charge in [0.15, 0.2) is 0 Å². The number of nitrogens with one attached hydrogen (secondary N) is 1. The smallest absolute Gasteiger partial charge is 0.122 e. The normalized spacial score (nSPS) is 11.9. The Bertz CT molecular complexity index is 572. The van der Waals surface area contributed by atoms with Crippen LogP contribution in [0.3, 0.4) is 0 Å². The lowest BCUT2D eigenvalue weighted by Gasteiger charge is -2.17. The summed E-state index contributed by atoms with van der Waals surface area (Å²) in [5.74, 6) is 1.07. The minimum Gasteiger partial charge on any atom is -0.508 e. The van der Waals surface area contributed by atoms with E-state index in [1.54, 1.807) is 19.2 Å². The summed E-state index contributed by atoms with van der Waals surface area (Å²) in [6.07, 6.45) is 0. The van der Waals surface area contributed by atoms with Crippen molar-refractivity contribution in [3.8, 4) is 11.5 Å². The van der Waals surface area contributed by atoms with E-state index in [1.807, 2.05) is 37.3 Å². The lowest BCUT2D eigenvalue weighted by Crippen LogP contribution is -2.06. The van der Waals surface area contributed by atoms with Crippen LogP contribution in [0.1, 0.15) is 18.5 Å². The van der Waals surface area contributed by atoms with Crippen molar-refractivity contribution in [1.29, 1.82) is 0 Å². The highest BCUT2D eigenvalue weighted by atomic mass is 79.9. The van der Waals surface area contributed by atoms with Gasteiger partial charge in [-0.15, -0.1) is 0 Å². The molecule has 0 aliphatic carbocycles. The molecule has 0 bridgehead atoms. The van der Waals surface area contributed by atoms with E-state index < -0.39 is 0 Å². The Morgan fingerprint density at radius 3 is 2.68 bits per heavy atom. The van der Waals surface area contributed by atoms with Crippen LogP contribution in [-0.2, 0) is 0 Å². The fourth-order valence-electron chi connectivity index (χ4n) is 1.89. The Morgan fingerprint density at radius 2 is 2.00 bits per heavy atom. The number of halogens is 1. The maximum Gasteiger partial charge on any atom is 0.122 e. The second-order valence-electron chi connectivity index (χ2n) is 4.34. The zero-order valence-electron chi connectivity index (χ0n) is 10.9. The largest absolute Gasteiger partial charge is 0.508 e. The topological polar surface area (TPSA) is 41.5 Å². The first-order chi connectivity index (χ1) is 9.08. The third-order valence-corrected chi connectivity index (χ3v) is 3.32. The van der Waals surface area contributed by atoms with E-state index in [1.165, 1.54) is 0 Å². The summed E-state index contributed by atoms with van der Waals surface area (Å²) in [6, 6.07) is 13.2. The monoisotopic (exact) mass is 321 g/mol. The number of hydrogen-bond acceptors (Lipinski definition) is 3. The molecule has 0 aliphatic rings. The standard InChI is InChI=1S/C15H16BrNO2/c1-10(11-4-3-5-14(18)6-11)17-13-7-12(16)8-15(9-13)19-2/h3-10,17-18H,1-2H3. The molecule has 100 valence electrons. The highest BCUT2D eigenvalue weighted by Gasteiger charge is 2.07. The van der Waals surface area contributed by atoms with Gasteiger partial charge in [-0.2, -0.15) is 0 Å². The van der Waals surface area contributed by atoms with Crippen LogP contribution in [0.15, 0.2) is 46.9 Å². The summed E-state index contributed by atoms with van der Waals surface area (Å²) < 4.78 is 6.19. The SMILES string of the molecule is COc1cc(Br)cc(NC(C)c2cccc(O)c2)c1. The molecule has 0 saturated carbocycles. The predicted octanol–water partition coefficient (Wildman–Crippen LogP) is 4.34. The molecular formula is C15H16BrNO2. The number of phenolic OH excluding ortho intramolecular Hbond substituents is 1. The number of rotatable bonds is 4. The average molecular weight is 322 g/mol. The molecule has 0 aromatic heterocycles. The van der Waals surface area contributed by atoms with Crippen LogP contribution in [0, 0.1) is 0 Å². The van der Waals surface area contributed by atoms with Gasteiger partial charge in [-0.05, 0) is 36.8 Å². The molecule has 3 nitrogen and oxygen atoms in total. The minimum atomic E-state index is 0.0890. The Morgan fingerprint density at radius 1 is 1.21 bits per heavy atom. The second kappa shape index (κ2) is 5.97. The van der Waals surface area contributed by atoms with Gasteiger partial charge in [0, 0.05) is 22.3 Å². The number of ether oxygens (including phenoxy) is 1. The Balaban J connectivity index is 2.18. The first kappa shape index (κ1) is 13.7. The van der Waals surface area contributed by atoms with Gasteiger partial charge in [0.1, 0.15) is 11.5 Å². The van der Waals surface area contributed by atoms with Crippen molar-refractivity contribution in [1.82, 2.24) is 0 Å². The van der Waals surface area contributed by atoms with E-state index in [0.29, 0.717) is 0 Å². The summed E-state index contributed by atoms with van der Waals surface area (Å²) in [5, 5.41) is 12.9. The Kier molecular flexibility index (Phi) is 4.32.